The van der Waals surface area contributed by atoms with Crippen molar-refractivity contribution in [3.05, 3.63) is 60.4 Å². The lowest BCUT2D eigenvalue weighted by atomic mass is 10.0. The molecule has 0 bridgehead atoms. The minimum absolute atomic E-state index is 0.224. The Morgan fingerprint density at radius 3 is 2.48 bits per heavy atom. The van der Waals surface area contributed by atoms with Gasteiger partial charge in [0.05, 0.1) is 12.3 Å². The topological polar surface area (TPSA) is 83.6 Å². The second-order valence-corrected chi connectivity index (χ2v) is 7.48. The number of fused-ring (bicyclic) bond motifs is 1. The number of carbonyl (C=O) groups is 2. The average molecular weight is 418 g/mol. The third kappa shape index (κ3) is 4.77. The van der Waals surface area contributed by atoms with E-state index in [1.807, 2.05) is 12.1 Å². The SMILES string of the molecule is CCOC(=O)Nc1ccc(C(=O)Nc2ccc(N3CCCCC3)c3ccncc23)cc1. The third-order valence-electron chi connectivity index (χ3n) is 5.41. The Morgan fingerprint density at radius 2 is 1.74 bits per heavy atom. The number of anilines is 3. The Hall–Kier alpha value is -3.61. The summed E-state index contributed by atoms with van der Waals surface area (Å²) in [6.07, 6.45) is 6.74. The molecule has 0 aliphatic carbocycles. The molecule has 0 spiro atoms. The Balaban J connectivity index is 1.53. The largest absolute Gasteiger partial charge is 0.450 e. The van der Waals surface area contributed by atoms with Gasteiger partial charge in [-0.3, -0.25) is 15.1 Å². The quantitative estimate of drug-likeness (QED) is 0.606. The number of nitrogens with zero attached hydrogens (tertiary/aromatic N) is 2. The molecule has 0 atom stereocenters. The molecular weight excluding hydrogens is 392 g/mol. The maximum atomic E-state index is 12.8. The van der Waals surface area contributed by atoms with Crippen LogP contribution in [0.15, 0.2) is 54.9 Å². The number of nitrogens with one attached hydrogen (secondary N) is 2. The van der Waals surface area contributed by atoms with Crippen LogP contribution < -0.4 is 15.5 Å². The lowest BCUT2D eigenvalue weighted by Crippen LogP contribution is -2.29. The molecule has 2 heterocycles. The van der Waals surface area contributed by atoms with E-state index in [2.05, 4.69) is 26.6 Å². The number of piperidine rings is 1. The van der Waals surface area contributed by atoms with Crippen molar-refractivity contribution >= 4 is 39.8 Å². The molecule has 4 rings (SSSR count). The van der Waals surface area contributed by atoms with Gasteiger partial charge in [0, 0.05) is 53.2 Å². The van der Waals surface area contributed by atoms with Gasteiger partial charge in [0.2, 0.25) is 0 Å². The molecule has 2 aromatic carbocycles. The summed E-state index contributed by atoms with van der Waals surface area (Å²) in [7, 11) is 0. The van der Waals surface area contributed by atoms with Crippen molar-refractivity contribution in [1.29, 1.82) is 0 Å². The number of rotatable bonds is 5. The van der Waals surface area contributed by atoms with E-state index >= 15 is 0 Å². The molecule has 1 aliphatic rings. The molecule has 1 fully saturated rings. The van der Waals surface area contributed by atoms with E-state index in [1.54, 1.807) is 43.6 Å². The fourth-order valence-electron chi connectivity index (χ4n) is 3.88. The van der Waals surface area contributed by atoms with E-state index in [0.29, 0.717) is 17.9 Å². The molecule has 2 N–H and O–H groups in total. The Kier molecular flexibility index (Phi) is 6.31. The van der Waals surface area contributed by atoms with Crippen molar-refractivity contribution in [3.8, 4) is 0 Å². The number of hydrogen-bond donors (Lipinski definition) is 2. The summed E-state index contributed by atoms with van der Waals surface area (Å²) in [5.74, 6) is -0.224. The van der Waals surface area contributed by atoms with Crippen LogP contribution in [0.4, 0.5) is 21.9 Å². The fourth-order valence-corrected chi connectivity index (χ4v) is 3.88. The first-order chi connectivity index (χ1) is 15.2. The van der Waals surface area contributed by atoms with Crippen molar-refractivity contribution in [2.24, 2.45) is 0 Å². The maximum absolute atomic E-state index is 12.8. The standard InChI is InChI=1S/C24H26N4O3/c1-2-31-24(30)26-18-8-6-17(7-9-18)23(29)27-21-10-11-22(28-14-4-3-5-15-28)19-12-13-25-16-20(19)21/h6-13,16H,2-5,14-15H2,1H3,(H,26,30)(H,27,29). The highest BCUT2D eigenvalue weighted by Gasteiger charge is 2.16. The van der Waals surface area contributed by atoms with E-state index < -0.39 is 6.09 Å². The molecular formula is C24H26N4O3. The number of amides is 2. The van der Waals surface area contributed by atoms with Gasteiger partial charge in [-0.15, -0.1) is 0 Å². The molecule has 160 valence electrons. The third-order valence-corrected chi connectivity index (χ3v) is 5.41. The minimum atomic E-state index is -0.521. The van der Waals surface area contributed by atoms with Crippen LogP contribution in [0.2, 0.25) is 0 Å². The summed E-state index contributed by atoms with van der Waals surface area (Å²) in [4.78, 5) is 31.0. The van der Waals surface area contributed by atoms with Crippen LogP contribution >= 0.6 is 0 Å². The van der Waals surface area contributed by atoms with Crippen molar-refractivity contribution in [2.75, 3.05) is 35.2 Å². The Labute approximate surface area is 181 Å². The highest BCUT2D eigenvalue weighted by molar-refractivity contribution is 6.11. The molecule has 3 aromatic rings. The van der Waals surface area contributed by atoms with Crippen LogP contribution in [0.5, 0.6) is 0 Å². The van der Waals surface area contributed by atoms with Gasteiger partial charge >= 0.3 is 6.09 Å². The zero-order chi connectivity index (χ0) is 21.6. The minimum Gasteiger partial charge on any atom is -0.450 e. The lowest BCUT2D eigenvalue weighted by molar-refractivity contribution is 0.102. The van der Waals surface area contributed by atoms with E-state index in [9.17, 15) is 9.59 Å². The van der Waals surface area contributed by atoms with Gasteiger partial charge in [0.25, 0.3) is 5.91 Å². The summed E-state index contributed by atoms with van der Waals surface area (Å²) < 4.78 is 4.86. The van der Waals surface area contributed by atoms with Crippen molar-refractivity contribution in [3.63, 3.8) is 0 Å². The Bertz CT molecular complexity index is 1080. The molecule has 0 saturated carbocycles. The molecule has 1 saturated heterocycles. The fraction of sp³-hybridized carbons (Fsp3) is 0.292. The number of benzene rings is 2. The smallest absolute Gasteiger partial charge is 0.411 e. The van der Waals surface area contributed by atoms with E-state index in [0.717, 1.165) is 29.5 Å². The zero-order valence-corrected chi connectivity index (χ0v) is 17.6. The first-order valence-corrected chi connectivity index (χ1v) is 10.6. The van der Waals surface area contributed by atoms with Crippen molar-refractivity contribution < 1.29 is 14.3 Å². The summed E-state index contributed by atoms with van der Waals surface area (Å²) in [5.41, 5.74) is 2.97. The molecule has 1 aliphatic heterocycles. The second kappa shape index (κ2) is 9.47. The predicted octanol–water partition coefficient (Wildman–Crippen LogP) is 5.05. The van der Waals surface area contributed by atoms with Gasteiger partial charge in [-0.2, -0.15) is 0 Å². The normalized spacial score (nSPS) is 13.6. The molecule has 0 radical (unpaired) electrons. The average Bonchev–Trinajstić information content (AvgIpc) is 2.80. The van der Waals surface area contributed by atoms with Crippen molar-refractivity contribution in [2.45, 2.75) is 26.2 Å². The van der Waals surface area contributed by atoms with E-state index in [1.165, 1.54) is 24.9 Å². The van der Waals surface area contributed by atoms with Crippen LogP contribution in [-0.4, -0.2) is 36.7 Å². The predicted molar refractivity (Wildman–Crippen MR) is 123 cm³/mol. The summed E-state index contributed by atoms with van der Waals surface area (Å²) in [6, 6.07) is 12.7. The Morgan fingerprint density at radius 1 is 0.968 bits per heavy atom. The van der Waals surface area contributed by atoms with Crippen LogP contribution in [0.1, 0.15) is 36.5 Å². The molecule has 0 unspecified atom stereocenters. The van der Waals surface area contributed by atoms with Gasteiger partial charge in [-0.1, -0.05) is 0 Å². The van der Waals surface area contributed by atoms with Crippen LogP contribution in [0, 0.1) is 0 Å². The number of pyridine rings is 1. The first kappa shape index (κ1) is 20.7. The zero-order valence-electron chi connectivity index (χ0n) is 17.6. The van der Waals surface area contributed by atoms with Gasteiger partial charge in [-0.25, -0.2) is 4.79 Å². The molecule has 2 amide bonds. The monoisotopic (exact) mass is 418 g/mol. The second-order valence-electron chi connectivity index (χ2n) is 7.48. The summed E-state index contributed by atoms with van der Waals surface area (Å²) >= 11 is 0. The molecule has 1 aromatic heterocycles. The first-order valence-electron chi connectivity index (χ1n) is 10.6. The van der Waals surface area contributed by atoms with Gasteiger partial charge in [0.1, 0.15) is 0 Å². The number of carbonyl (C=O) groups excluding carboxylic acids is 2. The van der Waals surface area contributed by atoms with Gasteiger partial charge in [-0.05, 0) is 68.7 Å². The molecule has 31 heavy (non-hydrogen) atoms. The van der Waals surface area contributed by atoms with E-state index in [4.69, 9.17) is 4.74 Å². The van der Waals surface area contributed by atoms with Crippen LogP contribution in [-0.2, 0) is 4.74 Å². The molecule has 7 nitrogen and oxygen atoms in total. The number of aromatic nitrogens is 1. The van der Waals surface area contributed by atoms with Crippen LogP contribution in [0.3, 0.4) is 0 Å². The van der Waals surface area contributed by atoms with Crippen molar-refractivity contribution in [1.82, 2.24) is 4.98 Å². The highest BCUT2D eigenvalue weighted by atomic mass is 16.5. The van der Waals surface area contributed by atoms with E-state index in [-0.39, 0.29) is 5.91 Å². The number of ether oxygens (including phenoxy) is 1. The van der Waals surface area contributed by atoms with Crippen LogP contribution in [0.25, 0.3) is 10.8 Å². The summed E-state index contributed by atoms with van der Waals surface area (Å²) in [5, 5.41) is 7.62. The van der Waals surface area contributed by atoms with Gasteiger partial charge < -0.3 is 15.0 Å². The molecule has 7 heteroatoms. The maximum Gasteiger partial charge on any atom is 0.411 e. The van der Waals surface area contributed by atoms with Gasteiger partial charge in [0.15, 0.2) is 0 Å². The highest BCUT2D eigenvalue weighted by Crippen LogP contribution is 2.33. The lowest BCUT2D eigenvalue weighted by Gasteiger charge is -2.30. The number of hydrogen-bond acceptors (Lipinski definition) is 5. The summed E-state index contributed by atoms with van der Waals surface area (Å²) in [6.45, 7) is 4.14.